The van der Waals surface area contributed by atoms with Crippen LogP contribution in [0.1, 0.15) is 29.6 Å². The molecule has 0 atom stereocenters. The summed E-state index contributed by atoms with van der Waals surface area (Å²) in [5, 5.41) is 10.4. The molecule has 174 valence electrons. The largest absolute Gasteiger partial charge is 0.389 e. The fourth-order valence-electron chi connectivity index (χ4n) is 3.75. The van der Waals surface area contributed by atoms with Crippen LogP contribution in [0.2, 0.25) is 0 Å². The van der Waals surface area contributed by atoms with Gasteiger partial charge >= 0.3 is 0 Å². The molecule has 1 aliphatic rings. The number of halogens is 2. The number of fused-ring (bicyclic) bond motifs is 1. The van der Waals surface area contributed by atoms with E-state index in [-0.39, 0.29) is 43.2 Å². The lowest BCUT2D eigenvalue weighted by Gasteiger charge is -2.37. The number of benzene rings is 2. The van der Waals surface area contributed by atoms with Gasteiger partial charge in [0.05, 0.1) is 15.8 Å². The fourth-order valence-corrected chi connectivity index (χ4v) is 5.75. The van der Waals surface area contributed by atoms with E-state index in [0.29, 0.717) is 22.8 Å². The number of anilines is 1. The molecule has 2 N–H and O–H groups in total. The fraction of sp³-hybridized carbons (Fsp3) is 0.273. The van der Waals surface area contributed by atoms with E-state index in [2.05, 4.69) is 9.71 Å². The first kappa shape index (κ1) is 23.3. The van der Waals surface area contributed by atoms with Gasteiger partial charge in [0.1, 0.15) is 10.4 Å². The summed E-state index contributed by atoms with van der Waals surface area (Å²) in [7, 11) is -3.88. The van der Waals surface area contributed by atoms with Crippen LogP contribution in [0.15, 0.2) is 65.0 Å². The van der Waals surface area contributed by atoms with Gasteiger partial charge in [-0.05, 0) is 61.7 Å². The number of sulfonamides is 1. The zero-order chi connectivity index (χ0) is 23.6. The van der Waals surface area contributed by atoms with Crippen LogP contribution in [0.3, 0.4) is 0 Å². The Morgan fingerprint density at radius 2 is 1.88 bits per heavy atom. The van der Waals surface area contributed by atoms with Crippen LogP contribution in [-0.2, 0) is 10.0 Å². The lowest BCUT2D eigenvalue weighted by atomic mass is 9.88. The monoisotopic (exact) mass is 493 g/mol. The number of piperidine rings is 1. The van der Waals surface area contributed by atoms with E-state index in [0.717, 1.165) is 4.70 Å². The van der Waals surface area contributed by atoms with Crippen molar-refractivity contribution in [1.29, 1.82) is 0 Å². The number of nitrogens with zero attached hydrogens (tertiary/aromatic N) is 2. The van der Waals surface area contributed by atoms with Gasteiger partial charge in [-0.1, -0.05) is 6.07 Å². The number of para-hydroxylation sites is 1. The first-order valence-electron chi connectivity index (χ1n) is 10.1. The Bertz CT molecular complexity index is 1290. The van der Waals surface area contributed by atoms with E-state index < -0.39 is 21.7 Å². The first-order valence-corrected chi connectivity index (χ1v) is 12.5. The van der Waals surface area contributed by atoms with Crippen LogP contribution in [0, 0.1) is 0 Å². The Morgan fingerprint density at radius 1 is 1.18 bits per heavy atom. The number of aliphatic hydroxyl groups is 1. The van der Waals surface area contributed by atoms with E-state index in [1.54, 1.807) is 22.5 Å². The van der Waals surface area contributed by atoms with Gasteiger partial charge in [0.25, 0.3) is 22.0 Å². The molecule has 1 saturated heterocycles. The van der Waals surface area contributed by atoms with Crippen molar-refractivity contribution in [1.82, 2.24) is 9.88 Å². The van der Waals surface area contributed by atoms with E-state index in [9.17, 15) is 27.1 Å². The normalized spacial score (nSPS) is 15.9. The predicted octanol–water partition coefficient (Wildman–Crippen LogP) is 4.23. The second-order valence-electron chi connectivity index (χ2n) is 7.85. The minimum absolute atomic E-state index is 0.0738. The second kappa shape index (κ2) is 9.16. The van der Waals surface area contributed by atoms with Crippen LogP contribution in [0.4, 0.5) is 14.5 Å². The summed E-state index contributed by atoms with van der Waals surface area (Å²) in [6, 6.07) is 11.0. The molecule has 0 aliphatic carbocycles. The molecule has 0 spiro atoms. The van der Waals surface area contributed by atoms with Gasteiger partial charge < -0.3 is 10.0 Å². The number of rotatable bonds is 6. The van der Waals surface area contributed by atoms with Crippen LogP contribution >= 0.6 is 11.3 Å². The highest BCUT2D eigenvalue weighted by Crippen LogP contribution is 2.29. The maximum Gasteiger partial charge on any atom is 0.266 e. The number of aromatic nitrogens is 1. The number of thiazole rings is 1. The standard InChI is InChI=1S/C22H21F2N3O4S2/c23-19(24)8-9-22(29)10-12-27(13-11-22)21(28)15-4-6-16(7-5-15)26-33(30,31)18-3-1-2-17-20(18)25-14-32-17/h1-8,14,26,29H,9-13H2. The third-order valence-electron chi connectivity index (χ3n) is 5.61. The average Bonchev–Trinajstić information content (AvgIpc) is 3.27. The summed E-state index contributed by atoms with van der Waals surface area (Å²) in [6.45, 7) is 0.478. The van der Waals surface area contributed by atoms with E-state index >= 15 is 0 Å². The summed E-state index contributed by atoms with van der Waals surface area (Å²) >= 11 is 1.35. The molecule has 0 radical (unpaired) electrons. The molecule has 2 heterocycles. The maximum absolute atomic E-state index is 12.8. The maximum atomic E-state index is 12.8. The zero-order valence-corrected chi connectivity index (χ0v) is 19.0. The van der Waals surface area contributed by atoms with Crippen LogP contribution in [0.25, 0.3) is 10.2 Å². The highest BCUT2D eigenvalue weighted by molar-refractivity contribution is 7.93. The molecule has 7 nitrogen and oxygen atoms in total. The van der Waals surface area contributed by atoms with Crippen LogP contribution < -0.4 is 4.72 Å². The van der Waals surface area contributed by atoms with Gasteiger partial charge in [-0.25, -0.2) is 13.4 Å². The van der Waals surface area contributed by atoms with Crippen molar-refractivity contribution in [2.75, 3.05) is 17.8 Å². The SMILES string of the molecule is O=C(c1ccc(NS(=O)(=O)c2cccc3scnc23)cc1)N1CCC(O)(CC=C(F)F)CC1. The highest BCUT2D eigenvalue weighted by Gasteiger charge is 2.33. The first-order chi connectivity index (χ1) is 15.7. The number of amides is 1. The lowest BCUT2D eigenvalue weighted by molar-refractivity contribution is -0.0149. The predicted molar refractivity (Wildman–Crippen MR) is 122 cm³/mol. The summed E-state index contributed by atoms with van der Waals surface area (Å²) in [5.41, 5.74) is 1.40. The molecule has 3 aromatic rings. The molecule has 0 saturated carbocycles. The average molecular weight is 494 g/mol. The van der Waals surface area contributed by atoms with Gasteiger partial charge in [-0.3, -0.25) is 9.52 Å². The molecule has 4 rings (SSSR count). The highest BCUT2D eigenvalue weighted by atomic mass is 32.2. The van der Waals surface area contributed by atoms with E-state index in [1.165, 1.54) is 41.7 Å². The Balaban J connectivity index is 1.42. The van der Waals surface area contributed by atoms with Crippen molar-refractivity contribution in [2.24, 2.45) is 0 Å². The third-order valence-corrected chi connectivity index (χ3v) is 7.82. The van der Waals surface area contributed by atoms with Crippen molar-refractivity contribution < 1.29 is 27.1 Å². The molecule has 1 amide bonds. The van der Waals surface area contributed by atoms with Gasteiger partial charge in [0.2, 0.25) is 0 Å². The van der Waals surface area contributed by atoms with Crippen LogP contribution in [0.5, 0.6) is 0 Å². The molecule has 2 aromatic carbocycles. The number of likely N-dealkylation sites (tertiary alicyclic amines) is 1. The Kier molecular flexibility index (Phi) is 6.46. The molecule has 1 aromatic heterocycles. The van der Waals surface area contributed by atoms with Crippen LogP contribution in [-0.4, -0.2) is 48.0 Å². The van der Waals surface area contributed by atoms with Gasteiger partial charge in [0, 0.05) is 24.3 Å². The summed E-state index contributed by atoms with van der Waals surface area (Å²) in [4.78, 5) is 18.5. The van der Waals surface area contributed by atoms with E-state index in [1.807, 2.05) is 0 Å². The number of nitrogens with one attached hydrogen (secondary N) is 1. The van der Waals surface area contributed by atoms with E-state index in [4.69, 9.17) is 0 Å². The molecule has 33 heavy (non-hydrogen) atoms. The molecule has 1 fully saturated rings. The second-order valence-corrected chi connectivity index (χ2v) is 10.4. The molecular formula is C22H21F2N3O4S2. The lowest BCUT2D eigenvalue weighted by Crippen LogP contribution is -2.46. The smallest absolute Gasteiger partial charge is 0.266 e. The number of hydrogen-bond donors (Lipinski definition) is 2. The molecule has 0 unspecified atom stereocenters. The van der Waals surface area contributed by atoms with Crippen molar-refractivity contribution in [2.45, 2.75) is 29.8 Å². The van der Waals surface area contributed by atoms with Gasteiger partial charge in [-0.2, -0.15) is 8.78 Å². The Morgan fingerprint density at radius 3 is 2.55 bits per heavy atom. The van der Waals surface area contributed by atoms with Crippen molar-refractivity contribution in [3.8, 4) is 0 Å². The van der Waals surface area contributed by atoms with Crippen molar-refractivity contribution >= 4 is 43.2 Å². The number of carbonyl (C=O) groups is 1. The minimum atomic E-state index is -3.88. The molecule has 0 bridgehead atoms. The van der Waals surface area contributed by atoms with Gasteiger partial charge in [0.15, 0.2) is 0 Å². The van der Waals surface area contributed by atoms with Crippen molar-refractivity contribution in [3.05, 3.63) is 65.7 Å². The topological polar surface area (TPSA) is 99.6 Å². The quantitative estimate of drug-likeness (QED) is 0.535. The van der Waals surface area contributed by atoms with Gasteiger partial charge in [-0.15, -0.1) is 11.3 Å². The summed E-state index contributed by atoms with van der Waals surface area (Å²) in [5.74, 6) is -0.272. The molecular weight excluding hydrogens is 472 g/mol. The molecule has 11 heteroatoms. The Labute approximate surface area is 193 Å². The van der Waals surface area contributed by atoms with Crippen molar-refractivity contribution in [3.63, 3.8) is 0 Å². The zero-order valence-electron chi connectivity index (χ0n) is 17.4. The number of hydrogen-bond acceptors (Lipinski definition) is 6. The third kappa shape index (κ3) is 5.21. The Hall–Kier alpha value is -2.89. The summed E-state index contributed by atoms with van der Waals surface area (Å²) < 4.78 is 53.6. The minimum Gasteiger partial charge on any atom is -0.389 e. The summed E-state index contributed by atoms with van der Waals surface area (Å²) in [6.07, 6.45) is -0.890. The molecule has 1 aliphatic heterocycles. The number of carbonyl (C=O) groups excluding carboxylic acids is 1.